The second-order valence-electron chi connectivity index (χ2n) is 6.26. The number of likely N-dealkylation sites (tertiary alicyclic amines) is 1. The van der Waals surface area contributed by atoms with E-state index in [9.17, 15) is 14.7 Å². The number of carbonyl (C=O) groups is 2. The second-order valence-corrected chi connectivity index (χ2v) is 6.26. The second kappa shape index (κ2) is 7.54. The Balaban J connectivity index is 2.14. The summed E-state index contributed by atoms with van der Waals surface area (Å²) >= 11 is 0. The fourth-order valence-electron chi connectivity index (χ4n) is 3.15. The number of carbonyl (C=O) groups excluding carboxylic acids is 2. The van der Waals surface area contributed by atoms with E-state index in [1.54, 1.807) is 19.2 Å². The zero-order valence-electron chi connectivity index (χ0n) is 14.8. The smallest absolute Gasteiger partial charge is 0.295 e. The van der Waals surface area contributed by atoms with Crippen LogP contribution in [0.25, 0.3) is 5.76 Å². The van der Waals surface area contributed by atoms with Crippen LogP contribution in [0.1, 0.15) is 22.7 Å². The third-order valence-corrected chi connectivity index (χ3v) is 4.52. The number of methoxy groups -OCH3 is 1. The van der Waals surface area contributed by atoms with Gasteiger partial charge >= 0.3 is 0 Å². The van der Waals surface area contributed by atoms with E-state index in [4.69, 9.17) is 4.74 Å². The van der Waals surface area contributed by atoms with Gasteiger partial charge in [-0.2, -0.15) is 0 Å². The quantitative estimate of drug-likeness (QED) is 0.511. The Labute approximate surface area is 152 Å². The lowest BCUT2D eigenvalue weighted by molar-refractivity contribution is -0.140. The number of aryl methyl sites for hydroxylation is 1. The van der Waals surface area contributed by atoms with Crippen LogP contribution in [0.3, 0.4) is 0 Å². The van der Waals surface area contributed by atoms with Gasteiger partial charge in [0.1, 0.15) is 5.76 Å². The van der Waals surface area contributed by atoms with Crippen molar-refractivity contribution in [1.29, 1.82) is 0 Å². The summed E-state index contributed by atoms with van der Waals surface area (Å²) in [5.41, 5.74) is 2.44. The fourth-order valence-corrected chi connectivity index (χ4v) is 3.15. The number of benzene rings is 2. The lowest BCUT2D eigenvalue weighted by Crippen LogP contribution is -2.32. The molecule has 1 aliphatic heterocycles. The van der Waals surface area contributed by atoms with E-state index in [1.165, 1.54) is 4.90 Å². The van der Waals surface area contributed by atoms with Crippen LogP contribution < -0.4 is 0 Å². The van der Waals surface area contributed by atoms with Crippen molar-refractivity contribution in [2.45, 2.75) is 13.0 Å². The topological polar surface area (TPSA) is 66.8 Å². The molecule has 1 fully saturated rings. The van der Waals surface area contributed by atoms with Crippen LogP contribution in [0, 0.1) is 6.92 Å². The van der Waals surface area contributed by atoms with Crippen LogP contribution in [0.4, 0.5) is 0 Å². The van der Waals surface area contributed by atoms with Crippen LogP contribution in [-0.4, -0.2) is 42.0 Å². The van der Waals surface area contributed by atoms with Crippen molar-refractivity contribution in [1.82, 2.24) is 4.90 Å². The number of amides is 1. The molecule has 0 aliphatic carbocycles. The van der Waals surface area contributed by atoms with Gasteiger partial charge in [0.25, 0.3) is 11.7 Å². The zero-order chi connectivity index (χ0) is 18.7. The van der Waals surface area contributed by atoms with Gasteiger partial charge in [0.05, 0.1) is 18.2 Å². The van der Waals surface area contributed by atoms with Gasteiger partial charge in [-0.3, -0.25) is 9.59 Å². The van der Waals surface area contributed by atoms with Crippen molar-refractivity contribution in [3.05, 3.63) is 76.9 Å². The summed E-state index contributed by atoms with van der Waals surface area (Å²) < 4.78 is 5.08. The number of Topliss-reactive ketones (excluding diaryl/α,β-unsaturated/α-hetero) is 1. The van der Waals surface area contributed by atoms with Gasteiger partial charge < -0.3 is 14.7 Å². The minimum Gasteiger partial charge on any atom is -0.507 e. The van der Waals surface area contributed by atoms with Gasteiger partial charge in [-0.05, 0) is 12.5 Å². The van der Waals surface area contributed by atoms with Crippen LogP contribution in [0.5, 0.6) is 0 Å². The molecule has 3 rings (SSSR count). The number of aliphatic hydroxyl groups excluding tert-OH is 1. The fraction of sp³-hybridized carbons (Fsp3) is 0.238. The SMILES string of the molecule is COCCN1C(=O)C(=O)/C(=C(/O)c2ccc(C)cc2)[C@H]1c1ccccc1. The Kier molecular flexibility index (Phi) is 5.19. The molecule has 1 aliphatic rings. The number of rotatable bonds is 5. The number of hydrogen-bond donors (Lipinski definition) is 1. The lowest BCUT2D eigenvalue weighted by Gasteiger charge is -2.25. The third-order valence-electron chi connectivity index (χ3n) is 4.52. The first-order chi connectivity index (χ1) is 12.5. The standard InChI is InChI=1S/C21H21NO4/c1-14-8-10-16(11-9-14)19(23)17-18(15-6-4-3-5-7-15)22(12-13-26-2)21(25)20(17)24/h3-11,18,23H,12-13H2,1-2H3/b19-17+/t18-/m1/s1. The van der Waals surface area contributed by atoms with Crippen LogP contribution >= 0.6 is 0 Å². The molecule has 1 atom stereocenters. The lowest BCUT2D eigenvalue weighted by atomic mass is 9.95. The molecule has 0 bridgehead atoms. The highest BCUT2D eigenvalue weighted by molar-refractivity contribution is 6.46. The molecular formula is C21H21NO4. The Morgan fingerprint density at radius 2 is 1.73 bits per heavy atom. The summed E-state index contributed by atoms with van der Waals surface area (Å²) in [4.78, 5) is 26.7. The van der Waals surface area contributed by atoms with E-state index in [-0.39, 0.29) is 17.9 Å². The predicted octanol–water partition coefficient (Wildman–Crippen LogP) is 3.06. The zero-order valence-corrected chi connectivity index (χ0v) is 14.8. The normalized spacial score (nSPS) is 19.2. The van der Waals surface area contributed by atoms with Crippen LogP contribution in [0.2, 0.25) is 0 Å². The van der Waals surface area contributed by atoms with E-state index in [1.807, 2.05) is 49.4 Å². The summed E-state index contributed by atoms with van der Waals surface area (Å²) in [6, 6.07) is 15.8. The van der Waals surface area contributed by atoms with Crippen molar-refractivity contribution >= 4 is 17.4 Å². The van der Waals surface area contributed by atoms with Crippen molar-refractivity contribution < 1.29 is 19.4 Å². The Hall–Kier alpha value is -2.92. The Bertz CT molecular complexity index is 840. The molecule has 0 radical (unpaired) electrons. The van der Waals surface area contributed by atoms with Gasteiger partial charge in [-0.1, -0.05) is 60.2 Å². The largest absolute Gasteiger partial charge is 0.507 e. The molecule has 26 heavy (non-hydrogen) atoms. The molecule has 2 aromatic rings. The Morgan fingerprint density at radius 1 is 1.08 bits per heavy atom. The molecule has 5 nitrogen and oxygen atoms in total. The van der Waals surface area contributed by atoms with Crippen LogP contribution in [0.15, 0.2) is 60.2 Å². The predicted molar refractivity (Wildman–Crippen MR) is 98.5 cm³/mol. The molecular weight excluding hydrogens is 330 g/mol. The minimum atomic E-state index is -0.673. The van der Waals surface area contributed by atoms with Gasteiger partial charge in [-0.15, -0.1) is 0 Å². The molecule has 2 aromatic carbocycles. The molecule has 0 aromatic heterocycles. The number of ether oxygens (including phenoxy) is 1. The van der Waals surface area contributed by atoms with E-state index in [0.717, 1.165) is 11.1 Å². The summed E-state index contributed by atoms with van der Waals surface area (Å²) in [6.07, 6.45) is 0. The molecule has 1 amide bonds. The number of hydrogen-bond acceptors (Lipinski definition) is 4. The molecule has 1 heterocycles. The number of nitrogens with zero attached hydrogens (tertiary/aromatic N) is 1. The highest BCUT2D eigenvalue weighted by atomic mass is 16.5. The Morgan fingerprint density at radius 3 is 2.35 bits per heavy atom. The van der Waals surface area contributed by atoms with Crippen molar-refractivity contribution in [3.8, 4) is 0 Å². The van der Waals surface area contributed by atoms with Gasteiger partial charge in [0.15, 0.2) is 0 Å². The molecule has 0 saturated carbocycles. The maximum absolute atomic E-state index is 12.7. The highest BCUT2D eigenvalue weighted by Crippen LogP contribution is 2.39. The summed E-state index contributed by atoms with van der Waals surface area (Å²) in [5.74, 6) is -1.45. The average molecular weight is 351 g/mol. The third kappa shape index (κ3) is 3.26. The van der Waals surface area contributed by atoms with Crippen LogP contribution in [-0.2, 0) is 14.3 Å². The summed E-state index contributed by atoms with van der Waals surface area (Å²) in [6.45, 7) is 2.52. The van der Waals surface area contributed by atoms with Crippen molar-refractivity contribution in [3.63, 3.8) is 0 Å². The average Bonchev–Trinajstić information content (AvgIpc) is 2.91. The summed E-state index contributed by atoms with van der Waals surface area (Å²) in [7, 11) is 1.54. The molecule has 5 heteroatoms. The van der Waals surface area contributed by atoms with Gasteiger partial charge in [0, 0.05) is 19.2 Å². The maximum atomic E-state index is 12.7. The molecule has 134 valence electrons. The molecule has 0 unspecified atom stereocenters. The minimum absolute atomic E-state index is 0.112. The molecule has 0 spiro atoms. The maximum Gasteiger partial charge on any atom is 0.295 e. The van der Waals surface area contributed by atoms with E-state index in [2.05, 4.69) is 0 Å². The number of aliphatic hydroxyl groups is 1. The van der Waals surface area contributed by atoms with E-state index < -0.39 is 17.7 Å². The van der Waals surface area contributed by atoms with Gasteiger partial charge in [0.2, 0.25) is 0 Å². The van der Waals surface area contributed by atoms with Crippen molar-refractivity contribution in [2.24, 2.45) is 0 Å². The van der Waals surface area contributed by atoms with Gasteiger partial charge in [-0.25, -0.2) is 0 Å². The first-order valence-electron chi connectivity index (χ1n) is 8.44. The first kappa shape index (κ1) is 17.9. The molecule has 1 N–H and O–H groups in total. The summed E-state index contributed by atoms with van der Waals surface area (Å²) in [5, 5.41) is 10.8. The first-order valence-corrected chi connectivity index (χ1v) is 8.44. The van der Waals surface area contributed by atoms with E-state index >= 15 is 0 Å². The van der Waals surface area contributed by atoms with E-state index in [0.29, 0.717) is 12.2 Å². The highest BCUT2D eigenvalue weighted by Gasteiger charge is 2.45. The number of ketones is 1. The molecule has 1 saturated heterocycles. The van der Waals surface area contributed by atoms with Crippen molar-refractivity contribution in [2.75, 3.05) is 20.3 Å². The monoisotopic (exact) mass is 351 g/mol.